The molecule has 0 aromatic heterocycles. The highest BCUT2D eigenvalue weighted by atomic mass is 32.2. The zero-order chi connectivity index (χ0) is 19.0. The molecule has 0 fully saturated rings. The number of nitrogens with zero attached hydrogens (tertiary/aromatic N) is 2. The van der Waals surface area contributed by atoms with E-state index in [1.54, 1.807) is 31.1 Å². The monoisotopic (exact) mass is 372 g/mol. The van der Waals surface area contributed by atoms with Crippen LogP contribution >= 0.6 is 0 Å². The van der Waals surface area contributed by atoms with Crippen molar-refractivity contribution in [2.75, 3.05) is 47.0 Å². The van der Waals surface area contributed by atoms with E-state index in [9.17, 15) is 13.2 Å². The van der Waals surface area contributed by atoms with E-state index in [0.29, 0.717) is 37.6 Å². The van der Waals surface area contributed by atoms with Crippen molar-refractivity contribution in [1.82, 2.24) is 9.21 Å². The van der Waals surface area contributed by atoms with Gasteiger partial charge >= 0.3 is 0 Å². The average molecular weight is 372 g/mol. The second-order valence-corrected chi connectivity index (χ2v) is 7.64. The third-order valence-electron chi connectivity index (χ3n) is 3.87. The first kappa shape index (κ1) is 21.4. The molecule has 142 valence electrons. The second-order valence-electron chi connectivity index (χ2n) is 5.60. The molecule has 0 aliphatic rings. The van der Waals surface area contributed by atoms with Gasteiger partial charge in [0, 0.05) is 27.2 Å². The summed E-state index contributed by atoms with van der Waals surface area (Å²) in [7, 11) is -0.747. The van der Waals surface area contributed by atoms with E-state index in [0.717, 1.165) is 4.31 Å². The summed E-state index contributed by atoms with van der Waals surface area (Å²) in [6, 6.07) is 4.66. The van der Waals surface area contributed by atoms with Crippen LogP contribution in [-0.2, 0) is 19.6 Å². The molecule has 25 heavy (non-hydrogen) atoms. The number of carbonyl (C=O) groups excluding carboxylic acids is 1. The first-order valence-corrected chi connectivity index (χ1v) is 9.68. The molecule has 1 aromatic carbocycles. The Kier molecular flexibility index (Phi) is 8.34. The van der Waals surface area contributed by atoms with E-state index < -0.39 is 10.0 Å². The van der Waals surface area contributed by atoms with E-state index in [4.69, 9.17) is 9.47 Å². The van der Waals surface area contributed by atoms with Gasteiger partial charge in [0.25, 0.3) is 0 Å². The number of hydrogen-bond acceptors (Lipinski definition) is 5. The van der Waals surface area contributed by atoms with Gasteiger partial charge in [-0.15, -0.1) is 0 Å². The van der Waals surface area contributed by atoms with E-state index in [-0.39, 0.29) is 17.3 Å². The maximum atomic E-state index is 12.7. The lowest BCUT2D eigenvalue weighted by Crippen LogP contribution is -2.41. The van der Waals surface area contributed by atoms with Crippen molar-refractivity contribution in [1.29, 1.82) is 0 Å². The van der Waals surface area contributed by atoms with Crippen LogP contribution < -0.4 is 4.74 Å². The van der Waals surface area contributed by atoms with Crippen LogP contribution in [0.15, 0.2) is 23.1 Å². The number of methoxy groups -OCH3 is 1. The SMILES string of the molecule is CCN(CC)C(=O)CN(C)S(=O)(=O)c1ccc(OCCOC)c(C)c1. The number of hydrogen-bond donors (Lipinski definition) is 0. The minimum Gasteiger partial charge on any atom is -0.491 e. The molecule has 0 N–H and O–H groups in total. The fourth-order valence-electron chi connectivity index (χ4n) is 2.31. The number of ether oxygens (including phenoxy) is 2. The molecule has 0 aliphatic heterocycles. The summed E-state index contributed by atoms with van der Waals surface area (Å²) in [5, 5.41) is 0. The van der Waals surface area contributed by atoms with Crippen LogP contribution in [0.5, 0.6) is 5.75 Å². The lowest BCUT2D eigenvalue weighted by atomic mass is 10.2. The Morgan fingerprint density at radius 2 is 1.80 bits per heavy atom. The van der Waals surface area contributed by atoms with E-state index in [1.165, 1.54) is 13.1 Å². The Morgan fingerprint density at radius 3 is 2.32 bits per heavy atom. The zero-order valence-corrected chi connectivity index (χ0v) is 16.4. The van der Waals surface area contributed by atoms with Gasteiger partial charge in [0.2, 0.25) is 15.9 Å². The van der Waals surface area contributed by atoms with Crippen LogP contribution in [0.2, 0.25) is 0 Å². The van der Waals surface area contributed by atoms with E-state index in [1.807, 2.05) is 13.8 Å². The molecule has 1 amide bonds. The number of sulfonamides is 1. The summed E-state index contributed by atoms with van der Waals surface area (Å²) < 4.78 is 36.9. The molecule has 1 rings (SSSR count). The van der Waals surface area contributed by atoms with Gasteiger partial charge in [-0.3, -0.25) is 4.79 Å². The predicted molar refractivity (Wildman–Crippen MR) is 96.3 cm³/mol. The molecule has 0 saturated carbocycles. The third-order valence-corrected chi connectivity index (χ3v) is 5.67. The fourth-order valence-corrected chi connectivity index (χ4v) is 3.52. The van der Waals surface area contributed by atoms with Gasteiger partial charge in [-0.2, -0.15) is 4.31 Å². The van der Waals surface area contributed by atoms with Crippen LogP contribution in [0.3, 0.4) is 0 Å². The van der Waals surface area contributed by atoms with Gasteiger partial charge in [0.15, 0.2) is 0 Å². The molecular weight excluding hydrogens is 344 g/mol. The number of carbonyl (C=O) groups is 1. The number of aryl methyl sites for hydroxylation is 1. The van der Waals surface area contributed by atoms with Crippen molar-refractivity contribution in [3.8, 4) is 5.75 Å². The molecule has 0 bridgehead atoms. The Morgan fingerprint density at radius 1 is 1.16 bits per heavy atom. The van der Waals surface area contributed by atoms with Crippen LogP contribution in [0.1, 0.15) is 19.4 Å². The largest absolute Gasteiger partial charge is 0.491 e. The standard InChI is InChI=1S/C17H28N2O5S/c1-6-19(7-2)17(20)13-18(4)25(21,22)15-8-9-16(14(3)12-15)24-11-10-23-5/h8-9,12H,6-7,10-11,13H2,1-5H3. The Balaban J connectivity index is 2.90. The highest BCUT2D eigenvalue weighted by Crippen LogP contribution is 2.23. The summed E-state index contributed by atoms with van der Waals surface area (Å²) in [4.78, 5) is 13.9. The summed E-state index contributed by atoms with van der Waals surface area (Å²) in [5.41, 5.74) is 0.709. The molecule has 0 unspecified atom stereocenters. The van der Waals surface area contributed by atoms with Crippen LogP contribution in [0, 0.1) is 6.92 Å². The molecule has 0 heterocycles. The quantitative estimate of drug-likeness (QED) is 0.582. The lowest BCUT2D eigenvalue weighted by molar-refractivity contribution is -0.130. The normalized spacial score (nSPS) is 11.6. The molecule has 0 spiro atoms. The average Bonchev–Trinajstić information content (AvgIpc) is 2.57. The Hall–Kier alpha value is -1.64. The number of likely N-dealkylation sites (N-methyl/N-ethyl adjacent to an activating group) is 2. The molecule has 0 atom stereocenters. The summed E-state index contributed by atoms with van der Waals surface area (Å²) in [5.74, 6) is 0.394. The fraction of sp³-hybridized carbons (Fsp3) is 0.588. The predicted octanol–water partition coefficient (Wildman–Crippen LogP) is 1.51. The van der Waals surface area contributed by atoms with Gasteiger partial charge < -0.3 is 14.4 Å². The summed E-state index contributed by atoms with van der Waals surface area (Å²) in [6.07, 6.45) is 0. The number of amides is 1. The van der Waals surface area contributed by atoms with Crippen molar-refractivity contribution in [2.45, 2.75) is 25.7 Å². The van der Waals surface area contributed by atoms with Crippen LogP contribution in [-0.4, -0.2) is 70.5 Å². The molecular formula is C17H28N2O5S. The summed E-state index contributed by atoms with van der Waals surface area (Å²) in [6.45, 7) is 7.27. The maximum absolute atomic E-state index is 12.7. The van der Waals surface area contributed by atoms with Crippen molar-refractivity contribution in [3.63, 3.8) is 0 Å². The zero-order valence-electron chi connectivity index (χ0n) is 15.6. The first-order valence-electron chi connectivity index (χ1n) is 8.24. The first-order chi connectivity index (χ1) is 11.8. The van der Waals surface area contributed by atoms with Gasteiger partial charge in [0.05, 0.1) is 18.0 Å². The summed E-state index contributed by atoms with van der Waals surface area (Å²) >= 11 is 0. The van der Waals surface area contributed by atoms with Crippen molar-refractivity contribution >= 4 is 15.9 Å². The third kappa shape index (κ3) is 5.69. The molecule has 1 aromatic rings. The van der Waals surface area contributed by atoms with Crippen molar-refractivity contribution in [2.24, 2.45) is 0 Å². The van der Waals surface area contributed by atoms with E-state index >= 15 is 0 Å². The van der Waals surface area contributed by atoms with Crippen LogP contribution in [0.25, 0.3) is 0 Å². The molecule has 8 heteroatoms. The Bertz CT molecular complexity index is 672. The number of rotatable bonds is 10. The lowest BCUT2D eigenvalue weighted by Gasteiger charge is -2.23. The second kappa shape index (κ2) is 9.74. The van der Waals surface area contributed by atoms with Gasteiger partial charge in [-0.1, -0.05) is 0 Å². The molecule has 0 aliphatic carbocycles. The van der Waals surface area contributed by atoms with Gasteiger partial charge in [-0.05, 0) is 44.5 Å². The highest BCUT2D eigenvalue weighted by molar-refractivity contribution is 7.89. The molecule has 0 radical (unpaired) electrons. The van der Waals surface area contributed by atoms with Crippen molar-refractivity contribution < 1.29 is 22.7 Å². The topological polar surface area (TPSA) is 76.2 Å². The van der Waals surface area contributed by atoms with Gasteiger partial charge in [0.1, 0.15) is 12.4 Å². The molecule has 7 nitrogen and oxygen atoms in total. The highest BCUT2D eigenvalue weighted by Gasteiger charge is 2.25. The molecule has 0 saturated heterocycles. The number of benzene rings is 1. The minimum absolute atomic E-state index is 0.138. The minimum atomic E-state index is -3.74. The smallest absolute Gasteiger partial charge is 0.243 e. The Labute approximate surface area is 150 Å². The maximum Gasteiger partial charge on any atom is 0.243 e. The van der Waals surface area contributed by atoms with E-state index in [2.05, 4.69) is 0 Å². The van der Waals surface area contributed by atoms with Crippen molar-refractivity contribution in [3.05, 3.63) is 23.8 Å². The van der Waals surface area contributed by atoms with Crippen LogP contribution in [0.4, 0.5) is 0 Å². The van der Waals surface area contributed by atoms with Gasteiger partial charge in [-0.25, -0.2) is 8.42 Å².